The van der Waals surface area contributed by atoms with Gasteiger partial charge in [-0.05, 0) is 30.3 Å². The monoisotopic (exact) mass is 182 g/mol. The lowest BCUT2D eigenvalue weighted by Gasteiger charge is -1.99. The molecule has 0 aromatic carbocycles. The molecule has 0 radical (unpaired) electrons. The normalized spacial score (nSPS) is 10.2. The molecule has 1 rings (SSSR count). The number of thioether (sulfide) groups is 1. The van der Waals surface area contributed by atoms with Gasteiger partial charge < -0.3 is 5.73 Å². The lowest BCUT2D eigenvalue weighted by atomic mass is 10.2. The molecular formula is C9H14N2S. The number of rotatable bonds is 4. The highest BCUT2D eigenvalue weighted by molar-refractivity contribution is 7.99. The molecule has 0 bridgehead atoms. The van der Waals surface area contributed by atoms with Gasteiger partial charge in [-0.1, -0.05) is 13.0 Å². The SMILES string of the molecule is CCSc1ccc(CCN)cn1. The average Bonchev–Trinajstić information content (AvgIpc) is 2.09. The van der Waals surface area contributed by atoms with Gasteiger partial charge in [0, 0.05) is 6.20 Å². The second-order valence-electron chi connectivity index (χ2n) is 2.48. The van der Waals surface area contributed by atoms with E-state index in [9.17, 15) is 0 Å². The van der Waals surface area contributed by atoms with Crippen LogP contribution in [0.3, 0.4) is 0 Å². The Balaban J connectivity index is 2.58. The Morgan fingerprint density at radius 2 is 2.33 bits per heavy atom. The average molecular weight is 182 g/mol. The van der Waals surface area contributed by atoms with Crippen LogP contribution in [0.1, 0.15) is 12.5 Å². The molecule has 3 heteroatoms. The molecule has 0 fully saturated rings. The highest BCUT2D eigenvalue weighted by atomic mass is 32.2. The van der Waals surface area contributed by atoms with E-state index in [1.807, 2.05) is 6.20 Å². The van der Waals surface area contributed by atoms with Gasteiger partial charge >= 0.3 is 0 Å². The van der Waals surface area contributed by atoms with Crippen molar-refractivity contribution in [3.05, 3.63) is 23.9 Å². The van der Waals surface area contributed by atoms with Crippen molar-refractivity contribution >= 4 is 11.8 Å². The van der Waals surface area contributed by atoms with Crippen LogP contribution in [0.4, 0.5) is 0 Å². The van der Waals surface area contributed by atoms with Gasteiger partial charge in [-0.2, -0.15) is 0 Å². The summed E-state index contributed by atoms with van der Waals surface area (Å²) in [5.74, 6) is 1.07. The van der Waals surface area contributed by atoms with Crippen LogP contribution in [0.5, 0.6) is 0 Å². The molecule has 0 saturated heterocycles. The molecule has 0 spiro atoms. The van der Waals surface area contributed by atoms with E-state index in [0.29, 0.717) is 6.54 Å². The zero-order chi connectivity index (χ0) is 8.81. The first-order valence-corrected chi connectivity index (χ1v) is 5.13. The minimum Gasteiger partial charge on any atom is -0.330 e. The topological polar surface area (TPSA) is 38.9 Å². The molecule has 0 atom stereocenters. The van der Waals surface area contributed by atoms with Crippen molar-refractivity contribution in [3.8, 4) is 0 Å². The Morgan fingerprint density at radius 1 is 1.50 bits per heavy atom. The van der Waals surface area contributed by atoms with Gasteiger partial charge in [0.1, 0.15) is 0 Å². The smallest absolute Gasteiger partial charge is 0.0959 e. The number of hydrogen-bond donors (Lipinski definition) is 1. The van der Waals surface area contributed by atoms with Gasteiger partial charge in [0.15, 0.2) is 0 Å². The molecule has 0 aliphatic heterocycles. The van der Waals surface area contributed by atoms with Crippen LogP contribution in [0, 0.1) is 0 Å². The number of nitrogens with two attached hydrogens (primary N) is 1. The largest absolute Gasteiger partial charge is 0.330 e. The molecule has 1 aromatic rings. The number of nitrogens with zero attached hydrogens (tertiary/aromatic N) is 1. The Labute approximate surface area is 77.6 Å². The summed E-state index contributed by atoms with van der Waals surface area (Å²) in [5, 5.41) is 1.10. The van der Waals surface area contributed by atoms with Gasteiger partial charge in [-0.3, -0.25) is 0 Å². The van der Waals surface area contributed by atoms with Crippen LogP contribution in [0.25, 0.3) is 0 Å². The molecule has 2 nitrogen and oxygen atoms in total. The van der Waals surface area contributed by atoms with Crippen molar-refractivity contribution in [2.45, 2.75) is 18.4 Å². The van der Waals surface area contributed by atoms with Crippen molar-refractivity contribution in [1.82, 2.24) is 4.98 Å². The third kappa shape index (κ3) is 2.83. The molecule has 12 heavy (non-hydrogen) atoms. The van der Waals surface area contributed by atoms with E-state index in [2.05, 4.69) is 24.0 Å². The molecule has 0 aliphatic rings. The minimum absolute atomic E-state index is 0.696. The third-order valence-electron chi connectivity index (χ3n) is 1.52. The van der Waals surface area contributed by atoms with Gasteiger partial charge in [-0.25, -0.2) is 4.98 Å². The quantitative estimate of drug-likeness (QED) is 0.720. The summed E-state index contributed by atoms with van der Waals surface area (Å²) in [4.78, 5) is 4.29. The van der Waals surface area contributed by atoms with E-state index < -0.39 is 0 Å². The van der Waals surface area contributed by atoms with E-state index in [1.54, 1.807) is 11.8 Å². The predicted octanol–water partition coefficient (Wildman–Crippen LogP) is 1.69. The van der Waals surface area contributed by atoms with Crippen molar-refractivity contribution in [1.29, 1.82) is 0 Å². The predicted molar refractivity (Wildman–Crippen MR) is 53.4 cm³/mol. The molecular weight excluding hydrogens is 168 g/mol. The molecule has 0 aliphatic carbocycles. The summed E-state index contributed by atoms with van der Waals surface area (Å²) in [6.45, 7) is 2.82. The fourth-order valence-corrected chi connectivity index (χ4v) is 1.55. The lowest BCUT2D eigenvalue weighted by Crippen LogP contribution is -2.02. The Bertz CT molecular complexity index is 195. The van der Waals surface area contributed by atoms with Gasteiger partial charge in [0.2, 0.25) is 0 Å². The van der Waals surface area contributed by atoms with Crippen LogP contribution < -0.4 is 5.73 Å². The van der Waals surface area contributed by atoms with Crippen LogP contribution in [-0.4, -0.2) is 17.3 Å². The van der Waals surface area contributed by atoms with Gasteiger partial charge in [0.25, 0.3) is 0 Å². The van der Waals surface area contributed by atoms with Crippen molar-refractivity contribution in [2.24, 2.45) is 5.73 Å². The van der Waals surface area contributed by atoms with Crippen LogP contribution in [0.2, 0.25) is 0 Å². The summed E-state index contributed by atoms with van der Waals surface area (Å²) in [7, 11) is 0. The fraction of sp³-hybridized carbons (Fsp3) is 0.444. The van der Waals surface area contributed by atoms with E-state index >= 15 is 0 Å². The van der Waals surface area contributed by atoms with Crippen LogP contribution in [0.15, 0.2) is 23.4 Å². The maximum absolute atomic E-state index is 5.42. The Kier molecular flexibility index (Phi) is 4.11. The first-order valence-electron chi connectivity index (χ1n) is 4.14. The molecule has 0 amide bonds. The highest BCUT2D eigenvalue weighted by Gasteiger charge is 1.94. The number of hydrogen-bond acceptors (Lipinski definition) is 3. The molecule has 0 saturated carbocycles. The van der Waals surface area contributed by atoms with Crippen molar-refractivity contribution in [3.63, 3.8) is 0 Å². The standard InChI is InChI=1S/C9H14N2S/c1-2-12-9-4-3-8(5-6-10)7-11-9/h3-4,7H,2,5-6,10H2,1H3. The summed E-state index contributed by atoms with van der Waals surface area (Å²) in [5.41, 5.74) is 6.64. The maximum Gasteiger partial charge on any atom is 0.0959 e. The van der Waals surface area contributed by atoms with Gasteiger partial charge in [-0.15, -0.1) is 11.8 Å². The lowest BCUT2D eigenvalue weighted by molar-refractivity contribution is 0.945. The highest BCUT2D eigenvalue weighted by Crippen LogP contribution is 2.14. The second kappa shape index (κ2) is 5.17. The van der Waals surface area contributed by atoms with Crippen LogP contribution in [-0.2, 0) is 6.42 Å². The summed E-state index contributed by atoms with van der Waals surface area (Å²) in [6.07, 6.45) is 2.83. The summed E-state index contributed by atoms with van der Waals surface area (Å²) >= 11 is 1.76. The van der Waals surface area contributed by atoms with E-state index in [4.69, 9.17) is 5.73 Å². The number of pyridine rings is 1. The molecule has 1 aromatic heterocycles. The van der Waals surface area contributed by atoms with E-state index in [-0.39, 0.29) is 0 Å². The first kappa shape index (κ1) is 9.55. The maximum atomic E-state index is 5.42. The first-order chi connectivity index (χ1) is 5.86. The van der Waals surface area contributed by atoms with Crippen LogP contribution >= 0.6 is 11.8 Å². The zero-order valence-electron chi connectivity index (χ0n) is 7.29. The Morgan fingerprint density at radius 3 is 2.83 bits per heavy atom. The molecule has 0 unspecified atom stereocenters. The van der Waals surface area contributed by atoms with Crippen molar-refractivity contribution in [2.75, 3.05) is 12.3 Å². The third-order valence-corrected chi connectivity index (χ3v) is 2.35. The Hall–Kier alpha value is -0.540. The summed E-state index contributed by atoms with van der Waals surface area (Å²) in [6, 6.07) is 4.15. The summed E-state index contributed by atoms with van der Waals surface area (Å²) < 4.78 is 0. The molecule has 2 N–H and O–H groups in total. The van der Waals surface area contributed by atoms with Gasteiger partial charge in [0.05, 0.1) is 5.03 Å². The number of aromatic nitrogens is 1. The molecule has 1 heterocycles. The fourth-order valence-electron chi connectivity index (χ4n) is 0.959. The zero-order valence-corrected chi connectivity index (χ0v) is 8.10. The van der Waals surface area contributed by atoms with E-state index in [1.165, 1.54) is 5.56 Å². The van der Waals surface area contributed by atoms with E-state index in [0.717, 1.165) is 17.2 Å². The second-order valence-corrected chi connectivity index (χ2v) is 3.76. The minimum atomic E-state index is 0.696. The van der Waals surface area contributed by atoms with Crippen molar-refractivity contribution < 1.29 is 0 Å². The molecule has 66 valence electrons.